The second-order valence-electron chi connectivity index (χ2n) is 7.91. The summed E-state index contributed by atoms with van der Waals surface area (Å²) < 4.78 is 15.9. The zero-order valence-electron chi connectivity index (χ0n) is 19.0. The molecule has 2 aromatic carbocycles. The lowest BCUT2D eigenvalue weighted by molar-refractivity contribution is -0.131. The van der Waals surface area contributed by atoms with E-state index in [0.717, 1.165) is 29.7 Å². The fourth-order valence-electron chi connectivity index (χ4n) is 4.17. The molecule has 0 aliphatic carbocycles. The number of H-pyrrole nitrogens is 1. The molecule has 174 valence electrons. The van der Waals surface area contributed by atoms with E-state index in [4.69, 9.17) is 19.2 Å². The first-order chi connectivity index (χ1) is 16.0. The van der Waals surface area contributed by atoms with E-state index in [1.165, 1.54) is 21.3 Å². The van der Waals surface area contributed by atoms with E-state index < -0.39 is 5.91 Å². The summed E-state index contributed by atoms with van der Waals surface area (Å²) in [5, 5.41) is 2.71. The average Bonchev–Trinajstić information content (AvgIpc) is 3.30. The van der Waals surface area contributed by atoms with Crippen LogP contribution in [0.25, 0.3) is 11.0 Å². The van der Waals surface area contributed by atoms with Crippen molar-refractivity contribution in [2.45, 2.75) is 18.8 Å². The molecule has 9 heteroatoms. The van der Waals surface area contributed by atoms with Gasteiger partial charge in [-0.1, -0.05) is 12.1 Å². The third-order valence-corrected chi connectivity index (χ3v) is 5.90. The number of benzene rings is 2. The largest absolute Gasteiger partial charge is 0.493 e. The standard InChI is InChI=1S/C24H28N4O5/c1-31-19-11-16(12-20(32-2)22(19)33-3)24(30)25-13-21(29)28-10-6-7-15(14-28)23-26-17-8-4-5-9-18(17)27-23/h4-5,8-9,11-12,15H,6-7,10,13-14H2,1-3H3,(H,25,30)(H,26,27). The molecule has 2 N–H and O–H groups in total. The Bertz CT molecular complexity index is 1100. The number of rotatable bonds is 7. The quantitative estimate of drug-likeness (QED) is 0.571. The number of hydrogen-bond acceptors (Lipinski definition) is 6. The molecular formula is C24H28N4O5. The smallest absolute Gasteiger partial charge is 0.251 e. The van der Waals surface area contributed by atoms with Gasteiger partial charge >= 0.3 is 0 Å². The Kier molecular flexibility index (Phi) is 6.67. The number of ether oxygens (including phenoxy) is 3. The second kappa shape index (κ2) is 9.81. The van der Waals surface area contributed by atoms with Crippen LogP contribution >= 0.6 is 0 Å². The van der Waals surface area contributed by atoms with Gasteiger partial charge in [0.2, 0.25) is 11.7 Å². The Morgan fingerprint density at radius 3 is 2.52 bits per heavy atom. The first-order valence-electron chi connectivity index (χ1n) is 10.8. The van der Waals surface area contributed by atoms with Crippen LogP contribution in [-0.2, 0) is 4.79 Å². The van der Waals surface area contributed by atoms with Crippen LogP contribution in [0.1, 0.15) is 34.9 Å². The van der Waals surface area contributed by atoms with Crippen LogP contribution in [0, 0.1) is 0 Å². The Morgan fingerprint density at radius 1 is 1.12 bits per heavy atom. The van der Waals surface area contributed by atoms with Gasteiger partial charge in [0.15, 0.2) is 11.5 Å². The number of aromatic nitrogens is 2. The van der Waals surface area contributed by atoms with E-state index in [1.807, 2.05) is 24.3 Å². The average molecular weight is 453 g/mol. The summed E-state index contributed by atoms with van der Waals surface area (Å²) in [6.45, 7) is 1.14. The van der Waals surface area contributed by atoms with Crippen LogP contribution in [-0.4, -0.2) is 67.6 Å². The van der Waals surface area contributed by atoms with Crippen molar-refractivity contribution in [1.29, 1.82) is 0 Å². The number of aromatic amines is 1. The van der Waals surface area contributed by atoms with Crippen LogP contribution < -0.4 is 19.5 Å². The highest BCUT2D eigenvalue weighted by Crippen LogP contribution is 2.38. The minimum Gasteiger partial charge on any atom is -0.493 e. The Labute approximate surface area is 192 Å². The summed E-state index contributed by atoms with van der Waals surface area (Å²) in [5.41, 5.74) is 2.23. The number of imidazole rings is 1. The topological polar surface area (TPSA) is 106 Å². The van der Waals surface area contributed by atoms with Crippen LogP contribution in [0.5, 0.6) is 17.2 Å². The van der Waals surface area contributed by atoms with Gasteiger partial charge in [-0.2, -0.15) is 0 Å². The molecular weight excluding hydrogens is 424 g/mol. The molecule has 1 aromatic heterocycles. The highest BCUT2D eigenvalue weighted by atomic mass is 16.5. The summed E-state index contributed by atoms with van der Waals surface area (Å²) in [6, 6.07) is 11.0. The van der Waals surface area contributed by atoms with Crippen LogP contribution in [0.15, 0.2) is 36.4 Å². The van der Waals surface area contributed by atoms with Gasteiger partial charge in [-0.15, -0.1) is 0 Å². The highest BCUT2D eigenvalue weighted by Gasteiger charge is 2.27. The molecule has 2 amide bonds. The minimum absolute atomic E-state index is 0.0949. The second-order valence-corrected chi connectivity index (χ2v) is 7.91. The van der Waals surface area contributed by atoms with Crippen LogP contribution in [0.2, 0.25) is 0 Å². The number of likely N-dealkylation sites (tertiary alicyclic amines) is 1. The van der Waals surface area contributed by atoms with Crippen molar-refractivity contribution < 1.29 is 23.8 Å². The van der Waals surface area contributed by atoms with Gasteiger partial charge in [0.05, 0.1) is 38.9 Å². The maximum Gasteiger partial charge on any atom is 0.251 e. The Hall–Kier alpha value is -3.75. The van der Waals surface area contributed by atoms with Gasteiger partial charge < -0.3 is 29.4 Å². The molecule has 0 saturated carbocycles. The lowest BCUT2D eigenvalue weighted by atomic mass is 9.97. The molecule has 1 unspecified atom stereocenters. The Balaban J connectivity index is 1.39. The third-order valence-electron chi connectivity index (χ3n) is 5.90. The van der Waals surface area contributed by atoms with Crippen molar-refractivity contribution >= 4 is 22.8 Å². The molecule has 1 aliphatic rings. The van der Waals surface area contributed by atoms with Gasteiger partial charge in [-0.25, -0.2) is 4.98 Å². The molecule has 2 heterocycles. The van der Waals surface area contributed by atoms with E-state index >= 15 is 0 Å². The van der Waals surface area contributed by atoms with Gasteiger partial charge in [0.25, 0.3) is 5.91 Å². The maximum atomic E-state index is 12.8. The lowest BCUT2D eigenvalue weighted by Crippen LogP contribution is -2.44. The number of carbonyl (C=O) groups excluding carboxylic acids is 2. The van der Waals surface area contributed by atoms with Crippen molar-refractivity contribution in [1.82, 2.24) is 20.2 Å². The van der Waals surface area contributed by atoms with E-state index in [-0.39, 0.29) is 18.4 Å². The summed E-state index contributed by atoms with van der Waals surface area (Å²) >= 11 is 0. The molecule has 0 bridgehead atoms. The van der Waals surface area contributed by atoms with Gasteiger partial charge in [0, 0.05) is 24.6 Å². The molecule has 1 atom stereocenters. The molecule has 9 nitrogen and oxygen atoms in total. The number of methoxy groups -OCH3 is 3. The number of amides is 2. The molecule has 1 fully saturated rings. The van der Waals surface area contributed by atoms with Gasteiger partial charge in [0.1, 0.15) is 5.82 Å². The fourth-order valence-corrected chi connectivity index (χ4v) is 4.17. The summed E-state index contributed by atoms with van der Waals surface area (Å²) in [5.74, 6) is 1.66. The van der Waals surface area contributed by atoms with E-state index in [0.29, 0.717) is 35.9 Å². The summed E-state index contributed by atoms with van der Waals surface area (Å²) in [4.78, 5) is 35.4. The van der Waals surface area contributed by atoms with E-state index in [9.17, 15) is 9.59 Å². The minimum atomic E-state index is -0.395. The first kappa shape index (κ1) is 22.4. The summed E-state index contributed by atoms with van der Waals surface area (Å²) in [6.07, 6.45) is 1.84. The number of para-hydroxylation sites is 2. The normalized spacial score (nSPS) is 15.8. The SMILES string of the molecule is COc1cc(C(=O)NCC(=O)N2CCCC(c3nc4ccccc4[nH]3)C2)cc(OC)c1OC. The highest BCUT2D eigenvalue weighted by molar-refractivity contribution is 5.97. The first-order valence-corrected chi connectivity index (χ1v) is 10.8. The number of fused-ring (bicyclic) bond motifs is 1. The number of carbonyl (C=O) groups is 2. The zero-order chi connectivity index (χ0) is 23.4. The molecule has 0 radical (unpaired) electrons. The van der Waals surface area contributed by atoms with Crippen molar-refractivity contribution in [2.24, 2.45) is 0 Å². The molecule has 4 rings (SSSR count). The predicted molar refractivity (Wildman–Crippen MR) is 123 cm³/mol. The molecule has 1 aliphatic heterocycles. The number of hydrogen-bond donors (Lipinski definition) is 2. The third kappa shape index (κ3) is 4.72. The van der Waals surface area contributed by atoms with Crippen molar-refractivity contribution in [2.75, 3.05) is 41.0 Å². The predicted octanol–water partition coefficient (Wildman–Crippen LogP) is 2.72. The van der Waals surface area contributed by atoms with E-state index in [1.54, 1.807) is 17.0 Å². The number of piperidine rings is 1. The monoisotopic (exact) mass is 452 g/mol. The molecule has 0 spiro atoms. The molecule has 1 saturated heterocycles. The number of nitrogens with zero attached hydrogens (tertiary/aromatic N) is 2. The molecule has 3 aromatic rings. The van der Waals surface area contributed by atoms with Crippen LogP contribution in [0.3, 0.4) is 0 Å². The number of nitrogens with one attached hydrogen (secondary N) is 2. The van der Waals surface area contributed by atoms with Gasteiger partial charge in [-0.05, 0) is 37.1 Å². The Morgan fingerprint density at radius 2 is 1.85 bits per heavy atom. The fraction of sp³-hybridized carbons (Fsp3) is 0.375. The maximum absolute atomic E-state index is 12.8. The van der Waals surface area contributed by atoms with Gasteiger partial charge in [-0.3, -0.25) is 9.59 Å². The van der Waals surface area contributed by atoms with Crippen molar-refractivity contribution in [3.05, 3.63) is 47.8 Å². The van der Waals surface area contributed by atoms with Crippen molar-refractivity contribution in [3.8, 4) is 17.2 Å². The zero-order valence-corrected chi connectivity index (χ0v) is 19.0. The molecule has 33 heavy (non-hydrogen) atoms. The van der Waals surface area contributed by atoms with Crippen LogP contribution in [0.4, 0.5) is 0 Å². The summed E-state index contributed by atoms with van der Waals surface area (Å²) in [7, 11) is 4.46. The lowest BCUT2D eigenvalue weighted by Gasteiger charge is -2.32. The van der Waals surface area contributed by atoms with Crippen molar-refractivity contribution in [3.63, 3.8) is 0 Å². The van der Waals surface area contributed by atoms with E-state index in [2.05, 4.69) is 10.3 Å².